The van der Waals surface area contributed by atoms with E-state index in [9.17, 15) is 10.1 Å². The summed E-state index contributed by atoms with van der Waals surface area (Å²) < 4.78 is 12.7. The number of aliphatic imine (C=N–C) groups is 1. The minimum Gasteiger partial charge on any atom is -0.454 e. The molecule has 0 spiro atoms. The van der Waals surface area contributed by atoms with Crippen molar-refractivity contribution < 1.29 is 14.3 Å². The number of hydrogen-bond acceptors (Lipinski definition) is 6. The van der Waals surface area contributed by atoms with E-state index in [0.717, 1.165) is 40.7 Å². The number of carbonyl (C=O) groups excluding carboxylic acids is 1. The highest BCUT2D eigenvalue weighted by atomic mass is 32.1. The molecule has 8 heteroatoms. The van der Waals surface area contributed by atoms with Crippen LogP contribution in [0.25, 0.3) is 10.9 Å². The molecular weight excluding hydrogens is 508 g/mol. The van der Waals surface area contributed by atoms with Crippen molar-refractivity contribution in [1.82, 2.24) is 4.57 Å². The number of carbonyl (C=O) groups is 1. The molecule has 4 aromatic rings. The lowest BCUT2D eigenvalue weighted by Gasteiger charge is -2.33. The monoisotopic (exact) mass is 538 g/mol. The summed E-state index contributed by atoms with van der Waals surface area (Å²) in [5.74, 6) is 1.75. The number of amides is 1. The highest BCUT2D eigenvalue weighted by Gasteiger charge is 2.32. The first-order valence-corrected chi connectivity index (χ1v) is 14.0. The predicted molar refractivity (Wildman–Crippen MR) is 154 cm³/mol. The van der Waals surface area contributed by atoms with Crippen LogP contribution in [0.15, 0.2) is 53.7 Å². The molecule has 0 bridgehead atoms. The van der Waals surface area contributed by atoms with Crippen molar-refractivity contribution >= 4 is 45.0 Å². The van der Waals surface area contributed by atoms with Crippen LogP contribution in [0.1, 0.15) is 48.8 Å². The molecule has 0 saturated heterocycles. The van der Waals surface area contributed by atoms with Gasteiger partial charge in [-0.05, 0) is 54.4 Å². The molecule has 39 heavy (non-hydrogen) atoms. The molecule has 198 valence electrons. The van der Waals surface area contributed by atoms with E-state index in [1.165, 1.54) is 10.4 Å². The summed E-state index contributed by atoms with van der Waals surface area (Å²) in [6.07, 6.45) is 6.82. The molecule has 3 heterocycles. The maximum Gasteiger partial charge on any atom is 0.244 e. The fraction of sp³-hybridized carbons (Fsp3) is 0.323. The van der Waals surface area contributed by atoms with Crippen molar-refractivity contribution in [3.8, 4) is 17.6 Å². The van der Waals surface area contributed by atoms with E-state index >= 15 is 0 Å². The van der Waals surface area contributed by atoms with Crippen LogP contribution in [0, 0.1) is 22.7 Å². The minimum atomic E-state index is -0.149. The van der Waals surface area contributed by atoms with Gasteiger partial charge in [0.2, 0.25) is 12.7 Å². The number of fused-ring (bicyclic) bond motifs is 3. The van der Waals surface area contributed by atoms with Gasteiger partial charge in [0.25, 0.3) is 0 Å². The second-order valence-corrected chi connectivity index (χ2v) is 12.3. The van der Waals surface area contributed by atoms with Gasteiger partial charge in [0.1, 0.15) is 17.6 Å². The number of aromatic nitrogens is 1. The number of para-hydroxylation sites is 1. The highest BCUT2D eigenvalue weighted by molar-refractivity contribution is 7.16. The SMILES string of the molecule is CC(C)(C)[C@H]1CCc2c(sc(N=Cc3cn(CC(=O)Nc4ccc5c(c4)OCO5)c4ccccc34)c2C#N)C1. The molecule has 0 saturated carbocycles. The van der Waals surface area contributed by atoms with Gasteiger partial charge in [0.05, 0.1) is 5.56 Å². The summed E-state index contributed by atoms with van der Waals surface area (Å²) in [6, 6.07) is 15.7. The Hall–Kier alpha value is -4.09. The van der Waals surface area contributed by atoms with Crippen molar-refractivity contribution in [3.05, 3.63) is 70.2 Å². The number of benzene rings is 2. The zero-order valence-corrected chi connectivity index (χ0v) is 23.1. The van der Waals surface area contributed by atoms with Crippen LogP contribution in [-0.2, 0) is 24.2 Å². The van der Waals surface area contributed by atoms with Crippen LogP contribution in [0.5, 0.6) is 11.5 Å². The molecule has 1 aliphatic heterocycles. The third-order valence-electron chi connectivity index (χ3n) is 7.69. The Balaban J connectivity index is 1.25. The molecule has 7 nitrogen and oxygen atoms in total. The summed E-state index contributed by atoms with van der Waals surface area (Å²) in [5, 5.41) is 14.7. The predicted octanol–water partition coefficient (Wildman–Crippen LogP) is 6.84. The van der Waals surface area contributed by atoms with Gasteiger partial charge in [0, 0.05) is 45.5 Å². The standard InChI is InChI=1S/C31H30N4O3S/c1-31(2,3)20-8-10-23-24(14-32)30(39-28(23)12-20)33-15-19-16-35(25-7-5-4-6-22(19)25)17-29(36)34-21-9-11-26-27(13-21)38-18-37-26/h4-7,9,11,13,15-16,20H,8,10,12,17-18H2,1-3H3,(H,34,36)/t20-/m0/s1. The summed E-state index contributed by atoms with van der Waals surface area (Å²) in [4.78, 5) is 19.0. The van der Waals surface area contributed by atoms with Crippen LogP contribution in [0.3, 0.4) is 0 Å². The molecule has 2 aromatic carbocycles. The highest BCUT2D eigenvalue weighted by Crippen LogP contribution is 2.45. The van der Waals surface area contributed by atoms with E-state index < -0.39 is 0 Å². The van der Waals surface area contributed by atoms with E-state index in [-0.39, 0.29) is 24.7 Å². The molecule has 0 unspecified atom stereocenters. The van der Waals surface area contributed by atoms with Gasteiger partial charge in [-0.25, -0.2) is 4.99 Å². The summed E-state index contributed by atoms with van der Waals surface area (Å²) in [6.45, 7) is 7.23. The van der Waals surface area contributed by atoms with Crippen molar-refractivity contribution in [1.29, 1.82) is 5.26 Å². The Morgan fingerprint density at radius 2 is 2.05 bits per heavy atom. The average molecular weight is 539 g/mol. The summed E-state index contributed by atoms with van der Waals surface area (Å²) in [7, 11) is 0. The lowest BCUT2D eigenvalue weighted by Crippen LogP contribution is -2.26. The van der Waals surface area contributed by atoms with Gasteiger partial charge >= 0.3 is 0 Å². The molecular formula is C31H30N4O3S. The molecule has 1 amide bonds. The maximum absolute atomic E-state index is 12.9. The van der Waals surface area contributed by atoms with Crippen LogP contribution in [-0.4, -0.2) is 23.5 Å². The van der Waals surface area contributed by atoms with Gasteiger partial charge in [-0.1, -0.05) is 39.0 Å². The second-order valence-electron chi connectivity index (χ2n) is 11.2. The van der Waals surface area contributed by atoms with E-state index in [0.29, 0.717) is 28.7 Å². The van der Waals surface area contributed by atoms with Crippen molar-refractivity contribution in [2.45, 2.75) is 46.6 Å². The quantitative estimate of drug-likeness (QED) is 0.282. The topological polar surface area (TPSA) is 88.6 Å². The van der Waals surface area contributed by atoms with Crippen LogP contribution < -0.4 is 14.8 Å². The number of nitriles is 1. The fourth-order valence-electron chi connectivity index (χ4n) is 5.48. The minimum absolute atomic E-state index is 0.147. The molecule has 6 rings (SSSR count). The Bertz CT molecular complexity index is 1650. The van der Waals surface area contributed by atoms with Crippen molar-refractivity contribution in [2.75, 3.05) is 12.1 Å². The van der Waals surface area contributed by atoms with E-state index in [4.69, 9.17) is 14.5 Å². The zero-order chi connectivity index (χ0) is 27.1. The first kappa shape index (κ1) is 25.2. The van der Waals surface area contributed by atoms with Crippen molar-refractivity contribution in [2.24, 2.45) is 16.3 Å². The molecule has 2 aliphatic rings. The summed E-state index contributed by atoms with van der Waals surface area (Å²) in [5.41, 5.74) is 4.64. The Morgan fingerprint density at radius 3 is 2.87 bits per heavy atom. The maximum atomic E-state index is 12.9. The third kappa shape index (κ3) is 4.90. The van der Waals surface area contributed by atoms with Crippen LogP contribution >= 0.6 is 11.3 Å². The van der Waals surface area contributed by atoms with Crippen molar-refractivity contribution in [3.63, 3.8) is 0 Å². The van der Waals surface area contributed by atoms with E-state index in [2.05, 4.69) is 32.2 Å². The van der Waals surface area contributed by atoms with E-state index in [1.54, 1.807) is 29.5 Å². The number of hydrogen-bond donors (Lipinski definition) is 1. The normalized spacial score (nSPS) is 16.4. The molecule has 1 aliphatic carbocycles. The van der Waals surface area contributed by atoms with Gasteiger partial charge in [0.15, 0.2) is 11.5 Å². The molecule has 2 aromatic heterocycles. The molecule has 0 radical (unpaired) electrons. The Kier molecular flexibility index (Phi) is 6.40. The first-order chi connectivity index (χ1) is 18.8. The first-order valence-electron chi connectivity index (χ1n) is 13.2. The average Bonchev–Trinajstić information content (AvgIpc) is 3.61. The van der Waals surface area contributed by atoms with Gasteiger partial charge in [-0.15, -0.1) is 11.3 Å². The Morgan fingerprint density at radius 1 is 1.23 bits per heavy atom. The number of nitrogens with one attached hydrogen (secondary N) is 1. The third-order valence-corrected chi connectivity index (χ3v) is 8.86. The van der Waals surface area contributed by atoms with Gasteiger partial charge in [-0.3, -0.25) is 4.79 Å². The number of rotatable bonds is 5. The number of thiophene rings is 1. The van der Waals surface area contributed by atoms with E-state index in [1.807, 2.05) is 41.2 Å². The lowest BCUT2D eigenvalue weighted by molar-refractivity contribution is -0.116. The largest absolute Gasteiger partial charge is 0.454 e. The molecule has 0 fully saturated rings. The molecule has 1 atom stereocenters. The number of anilines is 1. The number of ether oxygens (including phenoxy) is 2. The van der Waals surface area contributed by atoms with Gasteiger partial charge < -0.3 is 19.4 Å². The fourth-order valence-corrected chi connectivity index (χ4v) is 6.71. The van der Waals surface area contributed by atoms with Crippen LogP contribution in [0.2, 0.25) is 0 Å². The second kappa shape index (κ2) is 9.90. The number of nitrogens with zero attached hydrogens (tertiary/aromatic N) is 3. The summed E-state index contributed by atoms with van der Waals surface area (Å²) >= 11 is 1.65. The lowest BCUT2D eigenvalue weighted by atomic mass is 9.72. The zero-order valence-electron chi connectivity index (χ0n) is 22.3. The molecule has 1 N–H and O–H groups in total. The Labute approximate surface area is 231 Å². The van der Waals surface area contributed by atoms with Crippen LogP contribution in [0.4, 0.5) is 10.7 Å². The smallest absolute Gasteiger partial charge is 0.244 e. The van der Waals surface area contributed by atoms with Gasteiger partial charge in [-0.2, -0.15) is 5.26 Å².